The van der Waals surface area contributed by atoms with E-state index in [4.69, 9.17) is 37.3 Å². The van der Waals surface area contributed by atoms with Gasteiger partial charge in [-0.3, -0.25) is 8.42 Å². The van der Waals surface area contributed by atoms with Crippen molar-refractivity contribution in [3.8, 4) is 0 Å². The molecule has 0 bridgehead atoms. The van der Waals surface area contributed by atoms with Crippen molar-refractivity contribution in [1.82, 2.24) is 6.15 Å². The molecule has 0 aliphatic rings. The fourth-order valence-electron chi connectivity index (χ4n) is 0. The van der Waals surface area contributed by atoms with E-state index in [1.165, 1.54) is 0 Å². The molecule has 0 aliphatic heterocycles. The third-order valence-electron chi connectivity index (χ3n) is 0.167. The molecule has 13 heavy (non-hydrogen) atoms. The Morgan fingerprint density at radius 3 is 1.00 bits per heavy atom. The second kappa shape index (κ2) is 9.37. The Labute approximate surface area is 83.1 Å². The summed E-state index contributed by atoms with van der Waals surface area (Å²) in [7, 11) is -5.17. The maximum absolute atomic E-state index is 8.93. The average Bonchev–Trinajstić information content (AvgIpc) is 1.59. The number of carboxylic acid groups (broad SMARTS) is 2. The summed E-state index contributed by atoms with van der Waals surface area (Å²) in [6.45, 7) is 0. The van der Waals surface area contributed by atoms with Crippen LogP contribution in [0.4, 0.5) is 0 Å². The van der Waals surface area contributed by atoms with Crippen molar-refractivity contribution in [3.63, 3.8) is 0 Å². The predicted molar refractivity (Wildman–Crippen MR) is 26.5 cm³/mol. The minimum Gasteiger partial charge on any atom is -0.759 e. The molecule has 0 atom stereocenters. The smallest absolute Gasteiger partial charge is 0.759 e. The van der Waals surface area contributed by atoms with Gasteiger partial charge in [-0.15, -0.1) is 0 Å². The zero-order valence-corrected chi connectivity index (χ0v) is 7.87. The number of carbonyl (C=O) groups excluding carboxylic acids is 2. The standard InChI is InChI=1S/C2H2O4.Co.H3N.H2O4S/c3-1(4)2(5)6;;;1-5(2,3)4/h(H,3,4)(H,5,6);;1H3;(H2,1,2,3,4)/q;+2;;/p-3. The molecule has 9 nitrogen and oxygen atoms in total. The van der Waals surface area contributed by atoms with Crippen LogP contribution in [0.3, 0.4) is 0 Å². The van der Waals surface area contributed by atoms with Crippen LogP contribution in [-0.2, 0) is 36.8 Å². The van der Waals surface area contributed by atoms with Gasteiger partial charge in [0.25, 0.3) is 0 Å². The molecule has 11 heteroatoms. The Balaban J connectivity index is -0.0000000546. The summed E-state index contributed by atoms with van der Waals surface area (Å²) in [5.74, 6) is -4.37. The molecular weight excluding hydrogens is 257 g/mol. The molecule has 0 saturated carbocycles. The Bertz CT molecular complexity index is 225. The van der Waals surface area contributed by atoms with Crippen LogP contribution in [0.25, 0.3) is 0 Å². The van der Waals surface area contributed by atoms with Gasteiger partial charge >= 0.3 is 16.8 Å². The van der Waals surface area contributed by atoms with Crippen LogP contribution in [0.1, 0.15) is 0 Å². The SMILES string of the molecule is O=C([O-])C(=O)[O-].O=S(=O)([O-])[O-].[Co+2].[NH4+]. The first-order valence-electron chi connectivity index (χ1n) is 1.73. The zero-order chi connectivity index (χ0) is 9.65. The molecule has 0 unspecified atom stereocenters. The van der Waals surface area contributed by atoms with Crippen molar-refractivity contribution in [2.24, 2.45) is 0 Å². The topological polar surface area (TPSA) is 197 Å². The van der Waals surface area contributed by atoms with Gasteiger partial charge in [-0.2, -0.15) is 0 Å². The van der Waals surface area contributed by atoms with E-state index in [9.17, 15) is 0 Å². The third-order valence-corrected chi connectivity index (χ3v) is 0.167. The second-order valence-corrected chi connectivity index (χ2v) is 1.80. The van der Waals surface area contributed by atoms with E-state index < -0.39 is 22.3 Å². The summed E-state index contributed by atoms with van der Waals surface area (Å²) in [5, 5.41) is 17.9. The summed E-state index contributed by atoms with van der Waals surface area (Å²) < 4.78 is 34.1. The molecule has 0 aromatic carbocycles. The number of hydrogen-bond acceptors (Lipinski definition) is 8. The Morgan fingerprint density at radius 2 is 1.00 bits per heavy atom. The second-order valence-electron chi connectivity index (χ2n) is 0.983. The monoisotopic (exact) mass is 261 g/mol. The number of quaternary nitrogens is 1. The van der Waals surface area contributed by atoms with Gasteiger partial charge in [-0.25, -0.2) is 0 Å². The van der Waals surface area contributed by atoms with Crippen LogP contribution in [-0.4, -0.2) is 29.5 Å². The van der Waals surface area contributed by atoms with Crippen molar-refractivity contribution >= 4 is 22.3 Å². The summed E-state index contributed by atoms with van der Waals surface area (Å²) in [4.78, 5) is 17.9. The number of aliphatic carboxylic acids is 2. The first-order chi connectivity index (χ1) is 4.64. The Hall–Kier alpha value is -0.724. The van der Waals surface area contributed by atoms with Gasteiger partial charge in [0.2, 0.25) is 0 Å². The molecule has 0 aromatic rings. The van der Waals surface area contributed by atoms with Crippen molar-refractivity contribution in [3.05, 3.63) is 0 Å². The van der Waals surface area contributed by atoms with Gasteiger partial charge in [0.15, 0.2) is 0 Å². The number of carbonyl (C=O) groups is 2. The van der Waals surface area contributed by atoms with Gasteiger partial charge < -0.3 is 35.1 Å². The summed E-state index contributed by atoms with van der Waals surface area (Å²) in [6.07, 6.45) is 0. The molecule has 4 N–H and O–H groups in total. The molecule has 0 heterocycles. The normalized spacial score (nSPS) is 7.85. The number of carboxylic acids is 2. The Kier molecular flexibility index (Phi) is 16.4. The molecule has 0 rings (SSSR count). The van der Waals surface area contributed by atoms with Crippen molar-refractivity contribution in [1.29, 1.82) is 0 Å². The molecule has 0 aliphatic carbocycles. The van der Waals surface area contributed by atoms with E-state index in [2.05, 4.69) is 0 Å². The van der Waals surface area contributed by atoms with Gasteiger partial charge in [0.05, 0.1) is 11.9 Å². The molecule has 0 saturated heterocycles. The van der Waals surface area contributed by atoms with Crippen molar-refractivity contribution < 1.29 is 54.1 Å². The van der Waals surface area contributed by atoms with Gasteiger partial charge in [0, 0.05) is 10.4 Å². The largest absolute Gasteiger partial charge is 2.00 e. The van der Waals surface area contributed by atoms with E-state index in [1.54, 1.807) is 0 Å². The molecule has 0 fully saturated rings. The summed E-state index contributed by atoms with van der Waals surface area (Å²) >= 11 is 0. The summed E-state index contributed by atoms with van der Waals surface area (Å²) in [6, 6.07) is 0. The Morgan fingerprint density at radius 1 is 0.923 bits per heavy atom. The first kappa shape index (κ1) is 22.8. The van der Waals surface area contributed by atoms with Crippen LogP contribution in [0.15, 0.2) is 0 Å². The van der Waals surface area contributed by atoms with Gasteiger partial charge in [0.1, 0.15) is 0 Å². The van der Waals surface area contributed by atoms with Crippen LogP contribution >= 0.6 is 0 Å². The molecule has 0 amide bonds. The third kappa shape index (κ3) is 90.4. The minimum atomic E-state index is -5.17. The van der Waals surface area contributed by atoms with Crippen molar-refractivity contribution in [2.45, 2.75) is 0 Å². The van der Waals surface area contributed by atoms with E-state index in [-0.39, 0.29) is 22.9 Å². The quantitative estimate of drug-likeness (QED) is 0.255. The van der Waals surface area contributed by atoms with E-state index >= 15 is 0 Å². The molecule has 0 spiro atoms. The molecular formula is C2H4CoNO8S-. The number of rotatable bonds is 0. The van der Waals surface area contributed by atoms with Crippen LogP contribution in [0.2, 0.25) is 0 Å². The van der Waals surface area contributed by atoms with Crippen LogP contribution in [0, 0.1) is 0 Å². The maximum atomic E-state index is 8.93. The minimum absolute atomic E-state index is 0. The number of hydrogen-bond donors (Lipinski definition) is 1. The zero-order valence-electron chi connectivity index (χ0n) is 6.01. The fourth-order valence-corrected chi connectivity index (χ4v) is 0. The predicted octanol–water partition coefficient (Wildman–Crippen LogP) is -4.48. The van der Waals surface area contributed by atoms with E-state index in [0.717, 1.165) is 0 Å². The average molecular weight is 261 g/mol. The van der Waals surface area contributed by atoms with Gasteiger partial charge in [-0.1, -0.05) is 0 Å². The molecule has 81 valence electrons. The molecule has 0 aromatic heterocycles. The summed E-state index contributed by atoms with van der Waals surface area (Å²) in [5.41, 5.74) is 0. The van der Waals surface area contributed by atoms with E-state index in [0.29, 0.717) is 0 Å². The molecule has 1 radical (unpaired) electrons. The van der Waals surface area contributed by atoms with E-state index in [1.807, 2.05) is 0 Å². The van der Waals surface area contributed by atoms with Crippen LogP contribution < -0.4 is 16.4 Å². The first-order valence-corrected chi connectivity index (χ1v) is 3.07. The van der Waals surface area contributed by atoms with Gasteiger partial charge in [-0.05, 0) is 0 Å². The maximum Gasteiger partial charge on any atom is 2.00 e. The van der Waals surface area contributed by atoms with Crippen LogP contribution in [0.5, 0.6) is 0 Å². The van der Waals surface area contributed by atoms with Crippen molar-refractivity contribution in [2.75, 3.05) is 0 Å². The fraction of sp³-hybridized carbons (Fsp3) is 0.